The topological polar surface area (TPSA) is 103 Å². The number of nitrogens with zero attached hydrogens (tertiary/aromatic N) is 2. The van der Waals surface area contributed by atoms with Crippen molar-refractivity contribution in [1.29, 1.82) is 0 Å². The number of nitrogens with one attached hydrogen (secondary N) is 3. The van der Waals surface area contributed by atoms with E-state index in [1.165, 1.54) is 0 Å². The number of rotatable bonds is 6. The molecule has 3 amide bonds. The molecule has 8 nitrogen and oxygen atoms in total. The van der Waals surface area contributed by atoms with E-state index in [0.29, 0.717) is 17.1 Å². The van der Waals surface area contributed by atoms with Crippen LogP contribution in [-0.4, -0.2) is 37.5 Å². The van der Waals surface area contributed by atoms with Crippen LogP contribution in [0.3, 0.4) is 0 Å². The Bertz CT molecular complexity index is 861. The van der Waals surface area contributed by atoms with Gasteiger partial charge in [0.25, 0.3) is 0 Å². The number of carbonyl (C=O) groups is 3. The second-order valence-electron chi connectivity index (χ2n) is 6.27. The van der Waals surface area contributed by atoms with E-state index in [9.17, 15) is 14.4 Å². The molecule has 0 saturated carbocycles. The third-order valence-electron chi connectivity index (χ3n) is 3.67. The molecule has 0 aliphatic rings. The van der Waals surface area contributed by atoms with Gasteiger partial charge in [0, 0.05) is 36.9 Å². The van der Waals surface area contributed by atoms with Crippen molar-refractivity contribution in [3.63, 3.8) is 0 Å². The van der Waals surface area contributed by atoms with Crippen LogP contribution in [-0.2, 0) is 14.4 Å². The Kier molecular flexibility index (Phi) is 7.27. The smallest absolute Gasteiger partial charge is 0.329 e. The zero-order valence-electron chi connectivity index (χ0n) is 16.0. The van der Waals surface area contributed by atoms with Gasteiger partial charge in [0.1, 0.15) is 0 Å². The Hall–Kier alpha value is -3.68. The first kappa shape index (κ1) is 20.6. The van der Waals surface area contributed by atoms with Crippen LogP contribution in [0.25, 0.3) is 0 Å². The van der Waals surface area contributed by atoms with Crippen LogP contribution in [0.4, 0.5) is 17.1 Å². The fraction of sp³-hybridized carbons (Fsp3) is 0.200. The molecule has 0 spiro atoms. The lowest BCUT2D eigenvalue weighted by molar-refractivity contribution is -0.136. The van der Waals surface area contributed by atoms with Crippen molar-refractivity contribution in [1.82, 2.24) is 5.43 Å². The minimum absolute atomic E-state index is 0.0178. The summed E-state index contributed by atoms with van der Waals surface area (Å²) in [6.07, 6.45) is -0.0178. The SMILES string of the molecule is CC(CC(=O)Nc1ccc(N(C)C)cc1)=NNC(=O)C(=O)Nc1ccccc1. The number of hydrazone groups is 1. The predicted octanol–water partition coefficient (Wildman–Crippen LogP) is 2.21. The molecule has 2 aromatic rings. The summed E-state index contributed by atoms with van der Waals surface area (Å²) in [5.41, 5.74) is 4.69. The lowest BCUT2D eigenvalue weighted by Crippen LogP contribution is -2.33. The molecule has 0 fully saturated rings. The molecule has 0 unspecified atom stereocenters. The monoisotopic (exact) mass is 381 g/mol. The summed E-state index contributed by atoms with van der Waals surface area (Å²) in [6, 6.07) is 16.0. The van der Waals surface area contributed by atoms with Crippen LogP contribution >= 0.6 is 0 Å². The number of amides is 3. The molecule has 0 bridgehead atoms. The largest absolute Gasteiger partial charge is 0.378 e. The Balaban J connectivity index is 1.81. The van der Waals surface area contributed by atoms with Gasteiger partial charge < -0.3 is 15.5 Å². The average molecular weight is 381 g/mol. The maximum absolute atomic E-state index is 12.1. The lowest BCUT2D eigenvalue weighted by Gasteiger charge is -2.13. The maximum Gasteiger partial charge on any atom is 0.329 e. The molecule has 2 aromatic carbocycles. The van der Waals surface area contributed by atoms with E-state index in [-0.39, 0.29) is 12.3 Å². The van der Waals surface area contributed by atoms with Crippen LogP contribution in [0.5, 0.6) is 0 Å². The van der Waals surface area contributed by atoms with Crippen molar-refractivity contribution in [3.8, 4) is 0 Å². The molecule has 0 saturated heterocycles. The van der Waals surface area contributed by atoms with Gasteiger partial charge >= 0.3 is 11.8 Å². The van der Waals surface area contributed by atoms with E-state index in [4.69, 9.17) is 0 Å². The molecule has 0 aliphatic heterocycles. The molecule has 146 valence electrons. The van der Waals surface area contributed by atoms with E-state index in [1.54, 1.807) is 49.4 Å². The summed E-state index contributed by atoms with van der Waals surface area (Å²) in [7, 11) is 3.86. The fourth-order valence-corrected chi connectivity index (χ4v) is 2.23. The molecular weight excluding hydrogens is 358 g/mol. The molecule has 2 rings (SSSR count). The summed E-state index contributed by atoms with van der Waals surface area (Å²) in [4.78, 5) is 37.6. The molecule has 3 N–H and O–H groups in total. The summed E-state index contributed by atoms with van der Waals surface area (Å²) in [6.45, 7) is 1.59. The highest BCUT2D eigenvalue weighted by molar-refractivity contribution is 6.39. The Morgan fingerprint density at radius 2 is 1.46 bits per heavy atom. The number of benzene rings is 2. The highest BCUT2D eigenvalue weighted by Crippen LogP contribution is 2.15. The molecular formula is C20H23N5O3. The number of hydrogen-bond acceptors (Lipinski definition) is 5. The second kappa shape index (κ2) is 9.86. The average Bonchev–Trinajstić information content (AvgIpc) is 2.67. The normalized spacial score (nSPS) is 10.8. The minimum Gasteiger partial charge on any atom is -0.378 e. The Morgan fingerprint density at radius 1 is 0.857 bits per heavy atom. The van der Waals surface area contributed by atoms with Crippen molar-refractivity contribution in [2.45, 2.75) is 13.3 Å². The van der Waals surface area contributed by atoms with Gasteiger partial charge in [-0.15, -0.1) is 0 Å². The molecule has 8 heteroatoms. The highest BCUT2D eigenvalue weighted by atomic mass is 16.2. The molecule has 0 atom stereocenters. The van der Waals surface area contributed by atoms with Gasteiger partial charge in [0.05, 0.1) is 6.42 Å². The van der Waals surface area contributed by atoms with Crippen LogP contribution in [0, 0.1) is 0 Å². The van der Waals surface area contributed by atoms with Gasteiger partial charge in [-0.1, -0.05) is 18.2 Å². The van der Waals surface area contributed by atoms with Crippen molar-refractivity contribution >= 4 is 40.5 Å². The zero-order chi connectivity index (χ0) is 20.5. The van der Waals surface area contributed by atoms with Crippen molar-refractivity contribution in [2.75, 3.05) is 29.6 Å². The van der Waals surface area contributed by atoms with Crippen LogP contribution < -0.4 is 21.0 Å². The van der Waals surface area contributed by atoms with Crippen molar-refractivity contribution in [2.24, 2.45) is 5.10 Å². The fourth-order valence-electron chi connectivity index (χ4n) is 2.23. The van der Waals surface area contributed by atoms with Gasteiger partial charge in [0.15, 0.2) is 0 Å². The molecule has 0 aliphatic carbocycles. The molecule has 28 heavy (non-hydrogen) atoms. The Morgan fingerprint density at radius 3 is 2.07 bits per heavy atom. The molecule has 0 radical (unpaired) electrons. The van der Waals surface area contributed by atoms with E-state index in [0.717, 1.165) is 5.69 Å². The van der Waals surface area contributed by atoms with E-state index in [1.807, 2.05) is 31.1 Å². The van der Waals surface area contributed by atoms with Gasteiger partial charge in [-0.3, -0.25) is 14.4 Å². The van der Waals surface area contributed by atoms with Crippen molar-refractivity contribution in [3.05, 3.63) is 54.6 Å². The summed E-state index contributed by atoms with van der Waals surface area (Å²) >= 11 is 0. The third kappa shape index (κ3) is 6.56. The number of para-hydroxylation sites is 1. The van der Waals surface area contributed by atoms with Gasteiger partial charge in [-0.05, 0) is 43.3 Å². The predicted molar refractivity (Wildman–Crippen MR) is 110 cm³/mol. The van der Waals surface area contributed by atoms with E-state index < -0.39 is 11.8 Å². The quantitative estimate of drug-likeness (QED) is 0.405. The molecule has 0 aromatic heterocycles. The summed E-state index contributed by atoms with van der Waals surface area (Å²) < 4.78 is 0. The van der Waals surface area contributed by atoms with Crippen LogP contribution in [0.1, 0.15) is 13.3 Å². The zero-order valence-corrected chi connectivity index (χ0v) is 16.0. The first-order valence-electron chi connectivity index (χ1n) is 8.62. The first-order chi connectivity index (χ1) is 13.3. The van der Waals surface area contributed by atoms with E-state index in [2.05, 4.69) is 21.2 Å². The maximum atomic E-state index is 12.1. The number of hydrogen-bond donors (Lipinski definition) is 3. The van der Waals surface area contributed by atoms with Crippen LogP contribution in [0.15, 0.2) is 59.7 Å². The van der Waals surface area contributed by atoms with Gasteiger partial charge in [0.2, 0.25) is 5.91 Å². The summed E-state index contributed by atoms with van der Waals surface area (Å²) in [5, 5.41) is 8.99. The van der Waals surface area contributed by atoms with Gasteiger partial charge in [-0.2, -0.15) is 5.10 Å². The highest BCUT2D eigenvalue weighted by Gasteiger charge is 2.13. The Labute approximate surface area is 163 Å². The molecule has 0 heterocycles. The van der Waals surface area contributed by atoms with Gasteiger partial charge in [-0.25, -0.2) is 5.43 Å². The minimum atomic E-state index is -0.914. The van der Waals surface area contributed by atoms with E-state index >= 15 is 0 Å². The lowest BCUT2D eigenvalue weighted by atomic mass is 10.2. The number of anilines is 3. The van der Waals surface area contributed by atoms with Crippen molar-refractivity contribution < 1.29 is 14.4 Å². The summed E-state index contributed by atoms with van der Waals surface area (Å²) in [5.74, 6) is -2.03. The first-order valence-corrected chi connectivity index (χ1v) is 8.62. The van der Waals surface area contributed by atoms with Crippen LogP contribution in [0.2, 0.25) is 0 Å². The number of carbonyl (C=O) groups excluding carboxylic acids is 3. The second-order valence-corrected chi connectivity index (χ2v) is 6.27. The third-order valence-corrected chi connectivity index (χ3v) is 3.67. The standard InChI is InChI=1S/C20H23N5O3/c1-14(13-18(26)21-16-9-11-17(12-10-16)25(2)3)23-24-20(28)19(27)22-15-7-5-4-6-8-15/h4-12H,13H2,1-3H3,(H,21,26)(H,22,27)(H,24,28).